The minimum atomic E-state index is -0.537. The third-order valence-corrected chi connectivity index (χ3v) is 3.95. The lowest BCUT2D eigenvalue weighted by molar-refractivity contribution is -0.385. The van der Waals surface area contributed by atoms with E-state index < -0.39 is 4.92 Å². The minimum Gasteiger partial charge on any atom is -0.372 e. The van der Waals surface area contributed by atoms with Gasteiger partial charge in [-0.1, -0.05) is 6.92 Å². The monoisotopic (exact) mass is 292 g/mol. The van der Waals surface area contributed by atoms with Crippen molar-refractivity contribution in [1.29, 1.82) is 0 Å². The Morgan fingerprint density at radius 3 is 2.81 bits per heavy atom. The number of nitrogens with zero attached hydrogens (tertiary/aromatic N) is 3. The number of aromatic nitrogens is 1. The van der Waals surface area contributed by atoms with E-state index in [2.05, 4.69) is 17.2 Å². The summed E-state index contributed by atoms with van der Waals surface area (Å²) >= 11 is 0. The Bertz CT molecular complexity index is 561. The summed E-state index contributed by atoms with van der Waals surface area (Å²) in [6, 6.07) is 1.43. The van der Waals surface area contributed by atoms with Gasteiger partial charge in [-0.05, 0) is 25.7 Å². The Morgan fingerprint density at radius 2 is 2.24 bits per heavy atom. The largest absolute Gasteiger partial charge is 0.372 e. The number of hydrogen-bond donors (Lipinski definition) is 1. The van der Waals surface area contributed by atoms with Crippen LogP contribution in [0.15, 0.2) is 12.3 Å². The van der Waals surface area contributed by atoms with Crippen molar-refractivity contribution in [1.82, 2.24) is 9.88 Å². The van der Waals surface area contributed by atoms with E-state index in [4.69, 9.17) is 0 Å². The molecule has 0 aromatic carbocycles. The van der Waals surface area contributed by atoms with Crippen molar-refractivity contribution < 1.29 is 9.72 Å². The van der Waals surface area contributed by atoms with Crippen LogP contribution in [0.4, 0.5) is 11.5 Å². The Labute approximate surface area is 123 Å². The first-order valence-electron chi connectivity index (χ1n) is 7.07. The van der Waals surface area contributed by atoms with E-state index in [1.165, 1.54) is 6.07 Å². The number of carbonyl (C=O) groups is 1. The second kappa shape index (κ2) is 6.07. The minimum absolute atomic E-state index is 0.130. The van der Waals surface area contributed by atoms with Crippen LogP contribution in [-0.4, -0.2) is 40.3 Å². The predicted octanol–water partition coefficient (Wildman–Crippen LogP) is 2.29. The van der Waals surface area contributed by atoms with Gasteiger partial charge < -0.3 is 10.2 Å². The highest BCUT2D eigenvalue weighted by Gasteiger charge is 2.30. The molecule has 7 heteroatoms. The molecule has 2 atom stereocenters. The SMILES string of the molecule is CNc1ncc([N+](=O)[O-])cc1C(=O)N1CCC(C)CC1C. The summed E-state index contributed by atoms with van der Waals surface area (Å²) in [4.78, 5) is 28.8. The first kappa shape index (κ1) is 15.2. The molecule has 1 amide bonds. The van der Waals surface area contributed by atoms with Crippen LogP contribution in [0, 0.1) is 16.0 Å². The van der Waals surface area contributed by atoms with Crippen molar-refractivity contribution in [3.63, 3.8) is 0 Å². The zero-order chi connectivity index (χ0) is 15.6. The smallest absolute Gasteiger partial charge is 0.288 e. The number of piperidine rings is 1. The summed E-state index contributed by atoms with van der Waals surface area (Å²) in [6.07, 6.45) is 3.06. The van der Waals surface area contributed by atoms with Gasteiger partial charge in [-0.25, -0.2) is 4.98 Å². The molecule has 114 valence electrons. The van der Waals surface area contributed by atoms with Crippen LogP contribution in [0.3, 0.4) is 0 Å². The number of nitro groups is 1. The molecule has 0 aliphatic carbocycles. The van der Waals surface area contributed by atoms with E-state index in [1.54, 1.807) is 11.9 Å². The fourth-order valence-electron chi connectivity index (χ4n) is 2.78. The Kier molecular flexibility index (Phi) is 4.40. The highest BCUT2D eigenvalue weighted by Crippen LogP contribution is 2.26. The molecular weight excluding hydrogens is 272 g/mol. The Morgan fingerprint density at radius 1 is 1.52 bits per heavy atom. The lowest BCUT2D eigenvalue weighted by atomic mass is 9.93. The average Bonchev–Trinajstić information content (AvgIpc) is 2.45. The number of rotatable bonds is 3. The molecule has 1 fully saturated rings. The lowest BCUT2D eigenvalue weighted by Crippen LogP contribution is -2.44. The Balaban J connectivity index is 2.33. The summed E-state index contributed by atoms with van der Waals surface area (Å²) in [5, 5.41) is 13.7. The standard InChI is InChI=1S/C14H20N4O3/c1-9-4-5-17(10(2)6-9)14(19)12-7-11(18(20)21)8-16-13(12)15-3/h7-10H,4-6H2,1-3H3,(H,15,16). The number of likely N-dealkylation sites (tertiary alicyclic amines) is 1. The molecular formula is C14H20N4O3. The highest BCUT2D eigenvalue weighted by molar-refractivity contribution is 5.99. The maximum atomic E-state index is 12.7. The van der Waals surface area contributed by atoms with Crippen LogP contribution in [0.2, 0.25) is 0 Å². The van der Waals surface area contributed by atoms with Crippen molar-refractivity contribution in [2.45, 2.75) is 32.7 Å². The van der Waals surface area contributed by atoms with Crippen molar-refractivity contribution in [3.05, 3.63) is 27.9 Å². The molecule has 0 spiro atoms. The second-order valence-corrected chi connectivity index (χ2v) is 5.57. The molecule has 0 radical (unpaired) electrons. The maximum Gasteiger partial charge on any atom is 0.288 e. The van der Waals surface area contributed by atoms with Gasteiger partial charge in [0.15, 0.2) is 0 Å². The summed E-state index contributed by atoms with van der Waals surface area (Å²) < 4.78 is 0. The molecule has 1 saturated heterocycles. The van der Waals surface area contributed by atoms with Gasteiger partial charge in [-0.3, -0.25) is 14.9 Å². The lowest BCUT2D eigenvalue weighted by Gasteiger charge is -2.36. The number of amides is 1. The Hall–Kier alpha value is -2.18. The van der Waals surface area contributed by atoms with E-state index in [1.807, 2.05) is 6.92 Å². The average molecular weight is 292 g/mol. The second-order valence-electron chi connectivity index (χ2n) is 5.57. The fourth-order valence-corrected chi connectivity index (χ4v) is 2.78. The normalized spacial score (nSPS) is 22.0. The predicted molar refractivity (Wildman–Crippen MR) is 79.3 cm³/mol. The summed E-state index contributed by atoms with van der Waals surface area (Å²) in [5.41, 5.74) is 0.0866. The number of carbonyl (C=O) groups excluding carboxylic acids is 1. The molecule has 7 nitrogen and oxygen atoms in total. The van der Waals surface area contributed by atoms with Gasteiger partial charge in [-0.2, -0.15) is 0 Å². The maximum absolute atomic E-state index is 12.7. The van der Waals surface area contributed by atoms with E-state index in [0.29, 0.717) is 18.3 Å². The quantitative estimate of drug-likeness (QED) is 0.682. The zero-order valence-electron chi connectivity index (χ0n) is 12.5. The number of hydrogen-bond acceptors (Lipinski definition) is 5. The molecule has 1 aromatic rings. The van der Waals surface area contributed by atoms with E-state index in [9.17, 15) is 14.9 Å². The molecule has 0 saturated carbocycles. The van der Waals surface area contributed by atoms with E-state index in [0.717, 1.165) is 19.0 Å². The van der Waals surface area contributed by atoms with Crippen LogP contribution in [-0.2, 0) is 0 Å². The number of nitrogens with one attached hydrogen (secondary N) is 1. The fraction of sp³-hybridized carbons (Fsp3) is 0.571. The number of pyridine rings is 1. The van der Waals surface area contributed by atoms with E-state index >= 15 is 0 Å². The van der Waals surface area contributed by atoms with Crippen molar-refractivity contribution in [3.8, 4) is 0 Å². The summed E-state index contributed by atoms with van der Waals surface area (Å²) in [7, 11) is 1.65. The van der Waals surface area contributed by atoms with Crippen LogP contribution in [0.1, 0.15) is 37.0 Å². The van der Waals surface area contributed by atoms with Gasteiger partial charge in [0, 0.05) is 25.7 Å². The molecule has 1 aliphatic heterocycles. The molecule has 2 unspecified atom stereocenters. The molecule has 0 bridgehead atoms. The van der Waals surface area contributed by atoms with Gasteiger partial charge in [-0.15, -0.1) is 0 Å². The molecule has 2 rings (SSSR count). The zero-order valence-corrected chi connectivity index (χ0v) is 12.5. The molecule has 2 heterocycles. The van der Waals surface area contributed by atoms with Gasteiger partial charge in [0.05, 0.1) is 10.5 Å². The summed E-state index contributed by atoms with van der Waals surface area (Å²) in [5.74, 6) is 0.766. The topological polar surface area (TPSA) is 88.4 Å². The van der Waals surface area contributed by atoms with Crippen LogP contribution in [0.25, 0.3) is 0 Å². The van der Waals surface area contributed by atoms with Crippen LogP contribution in [0.5, 0.6) is 0 Å². The van der Waals surface area contributed by atoms with Gasteiger partial charge in [0.2, 0.25) is 0 Å². The van der Waals surface area contributed by atoms with Gasteiger partial charge in [0.1, 0.15) is 12.0 Å². The highest BCUT2D eigenvalue weighted by atomic mass is 16.6. The molecule has 1 N–H and O–H groups in total. The number of anilines is 1. The van der Waals surface area contributed by atoms with E-state index in [-0.39, 0.29) is 23.2 Å². The van der Waals surface area contributed by atoms with Gasteiger partial charge >= 0.3 is 0 Å². The van der Waals surface area contributed by atoms with Crippen LogP contribution < -0.4 is 5.32 Å². The van der Waals surface area contributed by atoms with Gasteiger partial charge in [0.25, 0.3) is 11.6 Å². The van der Waals surface area contributed by atoms with Crippen molar-refractivity contribution in [2.75, 3.05) is 18.9 Å². The third kappa shape index (κ3) is 3.12. The first-order valence-corrected chi connectivity index (χ1v) is 7.07. The molecule has 21 heavy (non-hydrogen) atoms. The van der Waals surface area contributed by atoms with Crippen LogP contribution >= 0.6 is 0 Å². The molecule has 1 aliphatic rings. The summed E-state index contributed by atoms with van der Waals surface area (Å²) in [6.45, 7) is 4.86. The first-order chi connectivity index (χ1) is 9.93. The van der Waals surface area contributed by atoms with Crippen molar-refractivity contribution in [2.24, 2.45) is 5.92 Å². The third-order valence-electron chi connectivity index (χ3n) is 3.95. The molecule has 1 aromatic heterocycles. The van der Waals surface area contributed by atoms with Crippen molar-refractivity contribution >= 4 is 17.4 Å².